The Hall–Kier alpha value is -6.13. The van der Waals surface area contributed by atoms with Gasteiger partial charge in [0, 0.05) is 58.1 Å². The van der Waals surface area contributed by atoms with Gasteiger partial charge < -0.3 is 35.6 Å². The highest BCUT2D eigenvalue weighted by atomic mass is 32.1. The van der Waals surface area contributed by atoms with Crippen LogP contribution in [0.5, 0.6) is 17.2 Å². The number of rotatable bonds is 22. The number of ether oxygens (including phenoxy) is 1. The fourth-order valence-electron chi connectivity index (χ4n) is 10.4. The summed E-state index contributed by atoms with van der Waals surface area (Å²) >= 11 is 3.02. The molecule has 3 amide bonds. The van der Waals surface area contributed by atoms with Crippen LogP contribution in [0, 0.1) is 12.3 Å². The zero-order valence-electron chi connectivity index (χ0n) is 43.3. The van der Waals surface area contributed by atoms with Gasteiger partial charge in [-0.2, -0.15) is 0 Å². The highest BCUT2D eigenvalue weighted by molar-refractivity contribution is 7.22. The smallest absolute Gasteiger partial charge is 0.246 e. The van der Waals surface area contributed by atoms with E-state index in [9.17, 15) is 34.5 Å². The lowest BCUT2D eigenvalue weighted by molar-refractivity contribution is -0.144. The van der Waals surface area contributed by atoms with E-state index in [1.165, 1.54) is 41.9 Å². The normalized spacial score (nSPS) is 16.9. The fraction of sp³-hybridized carbons (Fsp3) is 0.441. The molecule has 2 fully saturated rings. The van der Waals surface area contributed by atoms with Crippen LogP contribution in [0.15, 0.2) is 96.5 Å². The average Bonchev–Trinajstić information content (AvgIpc) is 4.22. The van der Waals surface area contributed by atoms with Crippen LogP contribution >= 0.6 is 22.7 Å². The minimum absolute atomic E-state index is 0.0219. The molecule has 2 aliphatic rings. The van der Waals surface area contributed by atoms with Crippen molar-refractivity contribution in [2.45, 2.75) is 136 Å². The predicted molar refractivity (Wildman–Crippen MR) is 294 cm³/mol. The van der Waals surface area contributed by atoms with Crippen molar-refractivity contribution in [3.05, 3.63) is 119 Å². The van der Waals surface area contributed by atoms with E-state index in [1.54, 1.807) is 65.9 Å². The summed E-state index contributed by atoms with van der Waals surface area (Å²) in [5.74, 6) is -0.0528. The van der Waals surface area contributed by atoms with Crippen molar-refractivity contribution in [2.75, 3.05) is 26.2 Å². The maximum atomic E-state index is 14.2. The number of benzene rings is 4. The Labute approximate surface area is 443 Å². The van der Waals surface area contributed by atoms with Gasteiger partial charge in [0.2, 0.25) is 17.7 Å². The molecular weight excluding hydrogens is 971 g/mol. The van der Waals surface area contributed by atoms with E-state index in [4.69, 9.17) is 4.74 Å². The van der Waals surface area contributed by atoms with Crippen LogP contribution in [0.1, 0.15) is 132 Å². The summed E-state index contributed by atoms with van der Waals surface area (Å²) in [5.41, 5.74) is 6.05. The molecule has 0 bridgehead atoms. The first-order valence-corrected chi connectivity index (χ1v) is 27.9. The average molecular weight is 1040 g/mol. The first kappa shape index (κ1) is 54.1. The summed E-state index contributed by atoms with van der Waals surface area (Å²) in [7, 11) is 0. The van der Waals surface area contributed by atoms with E-state index >= 15 is 0 Å². The number of nitrogens with one attached hydrogen (secondary N) is 2. The number of β-amino-alcohol motifs (C(OH)–C–C–N with tert-alkyl or cyclic N) is 1. The number of unbranched alkanes of at least 4 members (excludes halogenated alkanes) is 4. The van der Waals surface area contributed by atoms with Crippen LogP contribution in [0.25, 0.3) is 31.0 Å². The van der Waals surface area contributed by atoms with Crippen LogP contribution in [-0.2, 0) is 14.4 Å². The third kappa shape index (κ3) is 13.4. The topological polar surface area (TPSA) is 182 Å². The molecule has 6 aromatic rings. The van der Waals surface area contributed by atoms with Crippen LogP contribution < -0.4 is 15.4 Å². The van der Waals surface area contributed by atoms with Crippen molar-refractivity contribution in [1.29, 1.82) is 0 Å². The lowest BCUT2D eigenvalue weighted by atomic mass is 9.85. The lowest BCUT2D eigenvalue weighted by Crippen LogP contribution is -2.57. The number of amides is 3. The Bertz CT molecular complexity index is 2870. The van der Waals surface area contributed by atoms with Gasteiger partial charge >= 0.3 is 0 Å². The van der Waals surface area contributed by atoms with E-state index in [2.05, 4.69) is 20.5 Å². The van der Waals surface area contributed by atoms with Gasteiger partial charge in [-0.3, -0.25) is 24.1 Å². The second-order valence-corrected chi connectivity index (χ2v) is 23.0. The SMILES string of the molecule is Cc1ncsc1-c1ccc([C@H](C)NC(=O)[C@@H]2C[C@@H](O)CN2C(=O)C(NC(=O)CCCCCCCN(CCOc2ccc(C(=O)c3c(-c4ccc(O)cc4)sc4cc(O)ccc34)cc2)C2CCCC2)C(C)(C)C)cc1. The van der Waals surface area contributed by atoms with Gasteiger partial charge in [-0.25, -0.2) is 4.98 Å². The van der Waals surface area contributed by atoms with Gasteiger partial charge in [0.25, 0.3) is 0 Å². The maximum Gasteiger partial charge on any atom is 0.246 e. The number of thiazole rings is 1. The molecule has 4 aromatic carbocycles. The molecule has 1 aliphatic heterocycles. The highest BCUT2D eigenvalue weighted by Gasteiger charge is 2.44. The predicted octanol–water partition coefficient (Wildman–Crippen LogP) is 11.0. The second kappa shape index (κ2) is 24.5. The number of fused-ring (bicyclic) bond motifs is 1. The number of hydrogen-bond donors (Lipinski definition) is 5. The Kier molecular flexibility index (Phi) is 17.9. The van der Waals surface area contributed by atoms with Crippen molar-refractivity contribution in [2.24, 2.45) is 5.41 Å². The monoisotopic (exact) mass is 1040 g/mol. The number of aliphatic hydroxyl groups is 1. The molecule has 0 spiro atoms. The molecule has 74 heavy (non-hydrogen) atoms. The number of hydrogen-bond acceptors (Lipinski definition) is 12. The number of carbonyl (C=O) groups is 4. The Balaban J connectivity index is 0.770. The molecule has 3 heterocycles. The Morgan fingerprint density at radius 2 is 1.49 bits per heavy atom. The minimum Gasteiger partial charge on any atom is -0.508 e. The number of aromatic nitrogens is 1. The number of aryl methyl sites for hydroxylation is 1. The molecular formula is C59H71N5O8S2. The number of carbonyl (C=O) groups excluding carboxylic acids is 4. The highest BCUT2D eigenvalue weighted by Crippen LogP contribution is 2.42. The molecule has 0 radical (unpaired) electrons. The number of ketones is 1. The molecule has 1 unspecified atom stereocenters. The van der Waals surface area contributed by atoms with Crippen LogP contribution in [0.3, 0.4) is 0 Å². The summed E-state index contributed by atoms with van der Waals surface area (Å²) in [5, 5.41) is 37.6. The van der Waals surface area contributed by atoms with Crippen LogP contribution in [0.4, 0.5) is 0 Å². The molecule has 8 rings (SSSR count). The quantitative estimate of drug-likeness (QED) is 0.0324. The maximum absolute atomic E-state index is 14.2. The second-order valence-electron chi connectivity index (χ2n) is 21.1. The van der Waals surface area contributed by atoms with E-state index in [-0.39, 0.29) is 54.0 Å². The van der Waals surface area contributed by atoms with Gasteiger partial charge in [-0.15, -0.1) is 22.7 Å². The molecule has 1 aliphatic carbocycles. The molecule has 15 heteroatoms. The number of aromatic hydroxyl groups is 2. The first-order chi connectivity index (χ1) is 35.5. The largest absolute Gasteiger partial charge is 0.508 e. The van der Waals surface area contributed by atoms with Crippen molar-refractivity contribution in [3.63, 3.8) is 0 Å². The summed E-state index contributed by atoms with van der Waals surface area (Å²) in [6.07, 6.45) is 9.06. The van der Waals surface area contributed by atoms with Crippen molar-refractivity contribution in [3.8, 4) is 38.1 Å². The third-order valence-corrected chi connectivity index (χ3v) is 16.7. The molecule has 4 atom stereocenters. The van der Waals surface area contributed by atoms with Crippen LogP contribution in [-0.4, -0.2) is 104 Å². The molecule has 1 saturated heterocycles. The van der Waals surface area contributed by atoms with Crippen molar-refractivity contribution in [1.82, 2.24) is 25.4 Å². The number of aliphatic hydroxyl groups excluding tert-OH is 1. The van der Waals surface area contributed by atoms with Crippen molar-refractivity contribution >= 4 is 56.3 Å². The summed E-state index contributed by atoms with van der Waals surface area (Å²) in [4.78, 5) is 65.7. The summed E-state index contributed by atoms with van der Waals surface area (Å²) in [6, 6.07) is 25.6. The number of likely N-dealkylation sites (tertiary alicyclic amines) is 1. The van der Waals surface area contributed by atoms with E-state index < -0.39 is 23.6 Å². The zero-order valence-corrected chi connectivity index (χ0v) is 44.9. The van der Waals surface area contributed by atoms with Gasteiger partial charge in [-0.1, -0.05) is 77.1 Å². The van der Waals surface area contributed by atoms with Gasteiger partial charge in [0.05, 0.1) is 28.2 Å². The van der Waals surface area contributed by atoms with Gasteiger partial charge in [0.1, 0.15) is 35.9 Å². The van der Waals surface area contributed by atoms with Gasteiger partial charge in [0.15, 0.2) is 5.78 Å². The van der Waals surface area contributed by atoms with Gasteiger partial charge in [-0.05, 0) is 135 Å². The fourth-order valence-corrected chi connectivity index (χ4v) is 12.4. The first-order valence-electron chi connectivity index (χ1n) is 26.2. The number of phenols is 2. The lowest BCUT2D eigenvalue weighted by Gasteiger charge is -2.35. The summed E-state index contributed by atoms with van der Waals surface area (Å²) in [6.45, 7) is 11.9. The van der Waals surface area contributed by atoms with E-state index in [1.807, 2.05) is 76.5 Å². The van der Waals surface area contributed by atoms with Crippen LogP contribution in [0.2, 0.25) is 0 Å². The standard InChI is InChI=1S/C59H71N5O8S2/c1-37(39-16-18-41(19-17-39)54-38(2)60-36-73-54)61-57(70)49-33-46(67)35-64(49)58(71)56(59(3,4)5)62-51(68)15-9-7-6-8-12-30-63(43-13-10-11-14-43)31-32-72-47-27-22-40(23-28-47)53(69)52-48-29-26-45(66)34-50(48)74-55(52)42-20-24-44(65)25-21-42/h16-29,34,36-37,43,46,49,56,65-67H,6-15,30-33,35H2,1-5H3,(H,61,70)(H,62,68)/t37-,46+,49-,56?/m0/s1. The van der Waals surface area contributed by atoms with E-state index in [0.717, 1.165) is 81.0 Å². The minimum atomic E-state index is -0.869. The Morgan fingerprint density at radius 3 is 2.18 bits per heavy atom. The molecule has 2 aromatic heterocycles. The molecule has 1 saturated carbocycles. The summed E-state index contributed by atoms with van der Waals surface area (Å²) < 4.78 is 7.06. The number of phenolic OH excluding ortho intramolecular Hbond substituents is 2. The third-order valence-electron chi connectivity index (χ3n) is 14.5. The van der Waals surface area contributed by atoms with E-state index in [0.29, 0.717) is 42.4 Å². The zero-order chi connectivity index (χ0) is 52.5. The molecule has 392 valence electrons. The molecule has 13 nitrogen and oxygen atoms in total. The number of thiophene rings is 1. The van der Waals surface area contributed by atoms with Crippen molar-refractivity contribution < 1.29 is 39.2 Å². The Morgan fingerprint density at radius 1 is 0.824 bits per heavy atom. The number of nitrogens with zero attached hydrogens (tertiary/aromatic N) is 3. The molecule has 5 N–H and O–H groups in total.